The molecule has 0 aromatic heterocycles. The van der Waals surface area contributed by atoms with Crippen LogP contribution in [0.2, 0.25) is 0 Å². The van der Waals surface area contributed by atoms with E-state index in [2.05, 4.69) is 4.90 Å². The van der Waals surface area contributed by atoms with Gasteiger partial charge in [0.25, 0.3) is 0 Å². The van der Waals surface area contributed by atoms with Gasteiger partial charge in [0, 0.05) is 6.54 Å². The molecule has 2 rings (SSSR count). The highest BCUT2D eigenvalue weighted by Crippen LogP contribution is 2.31. The van der Waals surface area contributed by atoms with E-state index in [0.717, 1.165) is 18.5 Å². The Balaban J connectivity index is 2.25. The molecule has 1 aromatic carbocycles. The normalized spacial score (nSPS) is 28.1. The summed E-state index contributed by atoms with van der Waals surface area (Å²) in [6.45, 7) is 0.923. The summed E-state index contributed by atoms with van der Waals surface area (Å²) in [5.74, 6) is 0.267. The predicted octanol–water partition coefficient (Wildman–Crippen LogP) is 1.13. The van der Waals surface area contributed by atoms with Crippen molar-refractivity contribution < 1.29 is 10.2 Å². The second-order valence-corrected chi connectivity index (χ2v) is 3.87. The van der Waals surface area contributed by atoms with Crippen LogP contribution in [0.1, 0.15) is 18.0 Å². The highest BCUT2D eigenvalue weighted by atomic mass is 16.3. The molecule has 0 spiro atoms. The SMILES string of the molecule is CN1CCC(O)C1c1ccc(O)cc1. The second kappa shape index (κ2) is 3.59. The predicted molar refractivity (Wildman–Crippen MR) is 54.1 cm³/mol. The number of likely N-dealkylation sites (tertiary alicyclic amines) is 1. The fourth-order valence-corrected chi connectivity index (χ4v) is 2.07. The minimum atomic E-state index is -0.287. The van der Waals surface area contributed by atoms with Crippen molar-refractivity contribution in [1.29, 1.82) is 0 Å². The van der Waals surface area contributed by atoms with Gasteiger partial charge in [-0.15, -0.1) is 0 Å². The molecule has 1 aliphatic heterocycles. The lowest BCUT2D eigenvalue weighted by Crippen LogP contribution is -2.23. The Kier molecular flexibility index (Phi) is 2.44. The van der Waals surface area contributed by atoms with E-state index in [4.69, 9.17) is 5.11 Å². The van der Waals surface area contributed by atoms with E-state index >= 15 is 0 Å². The highest BCUT2D eigenvalue weighted by Gasteiger charge is 2.31. The molecule has 0 aliphatic carbocycles. The van der Waals surface area contributed by atoms with Crippen LogP contribution in [-0.4, -0.2) is 34.8 Å². The minimum absolute atomic E-state index is 0.0793. The van der Waals surface area contributed by atoms with E-state index in [-0.39, 0.29) is 17.9 Å². The first-order valence-electron chi connectivity index (χ1n) is 4.86. The van der Waals surface area contributed by atoms with Gasteiger partial charge >= 0.3 is 0 Å². The van der Waals surface area contributed by atoms with Gasteiger partial charge in [-0.2, -0.15) is 0 Å². The molecular weight excluding hydrogens is 178 g/mol. The molecule has 76 valence electrons. The number of benzene rings is 1. The van der Waals surface area contributed by atoms with Crippen LogP contribution in [0.3, 0.4) is 0 Å². The van der Waals surface area contributed by atoms with E-state index < -0.39 is 0 Å². The zero-order chi connectivity index (χ0) is 10.1. The summed E-state index contributed by atoms with van der Waals surface area (Å²) in [6.07, 6.45) is 0.534. The van der Waals surface area contributed by atoms with Gasteiger partial charge in [-0.3, -0.25) is 4.90 Å². The average molecular weight is 193 g/mol. The first-order chi connectivity index (χ1) is 6.68. The Morgan fingerprint density at radius 1 is 1.29 bits per heavy atom. The third-order valence-electron chi connectivity index (χ3n) is 2.85. The molecule has 1 heterocycles. The lowest BCUT2D eigenvalue weighted by atomic mass is 10.0. The molecule has 2 N–H and O–H groups in total. The van der Waals surface area contributed by atoms with Gasteiger partial charge in [0.15, 0.2) is 0 Å². The molecule has 14 heavy (non-hydrogen) atoms. The molecule has 2 unspecified atom stereocenters. The Morgan fingerprint density at radius 2 is 1.93 bits per heavy atom. The zero-order valence-electron chi connectivity index (χ0n) is 8.22. The lowest BCUT2D eigenvalue weighted by Gasteiger charge is -2.22. The van der Waals surface area contributed by atoms with Crippen LogP contribution >= 0.6 is 0 Å². The van der Waals surface area contributed by atoms with Crippen molar-refractivity contribution >= 4 is 0 Å². The summed E-state index contributed by atoms with van der Waals surface area (Å²) in [7, 11) is 2.01. The molecule has 0 saturated carbocycles. The molecule has 3 heteroatoms. The largest absolute Gasteiger partial charge is 0.508 e. The number of likely N-dealkylation sites (N-methyl/N-ethyl adjacent to an activating group) is 1. The average Bonchev–Trinajstić information content (AvgIpc) is 2.49. The van der Waals surface area contributed by atoms with Crippen LogP contribution in [0.25, 0.3) is 0 Å². The van der Waals surface area contributed by atoms with E-state index in [1.165, 1.54) is 0 Å². The number of aliphatic hydroxyl groups is 1. The Labute approximate surface area is 83.6 Å². The summed E-state index contributed by atoms with van der Waals surface area (Å²) in [4.78, 5) is 2.14. The smallest absolute Gasteiger partial charge is 0.115 e. The van der Waals surface area contributed by atoms with Gasteiger partial charge in [-0.05, 0) is 31.2 Å². The van der Waals surface area contributed by atoms with Crippen LogP contribution in [-0.2, 0) is 0 Å². The van der Waals surface area contributed by atoms with Crippen molar-refractivity contribution in [3.8, 4) is 5.75 Å². The number of phenols is 1. The van der Waals surface area contributed by atoms with Gasteiger partial charge in [-0.1, -0.05) is 12.1 Å². The quantitative estimate of drug-likeness (QED) is 0.702. The van der Waals surface area contributed by atoms with Crippen LogP contribution in [0.4, 0.5) is 0 Å². The third-order valence-corrected chi connectivity index (χ3v) is 2.85. The summed E-state index contributed by atoms with van der Waals surface area (Å²) in [5.41, 5.74) is 1.07. The van der Waals surface area contributed by atoms with Crippen LogP contribution in [0.15, 0.2) is 24.3 Å². The number of aliphatic hydroxyl groups excluding tert-OH is 1. The van der Waals surface area contributed by atoms with Gasteiger partial charge in [-0.25, -0.2) is 0 Å². The molecule has 1 fully saturated rings. The van der Waals surface area contributed by atoms with E-state index in [1.54, 1.807) is 12.1 Å². The molecule has 0 amide bonds. The van der Waals surface area contributed by atoms with Crippen LogP contribution < -0.4 is 0 Å². The maximum atomic E-state index is 9.78. The van der Waals surface area contributed by atoms with Crippen molar-refractivity contribution in [3.63, 3.8) is 0 Å². The number of nitrogens with zero attached hydrogens (tertiary/aromatic N) is 1. The number of aromatic hydroxyl groups is 1. The maximum Gasteiger partial charge on any atom is 0.115 e. The van der Waals surface area contributed by atoms with E-state index in [9.17, 15) is 5.11 Å². The van der Waals surface area contributed by atoms with Crippen molar-refractivity contribution in [2.24, 2.45) is 0 Å². The summed E-state index contributed by atoms with van der Waals surface area (Å²) < 4.78 is 0. The van der Waals surface area contributed by atoms with E-state index in [1.807, 2.05) is 19.2 Å². The van der Waals surface area contributed by atoms with Crippen molar-refractivity contribution in [2.45, 2.75) is 18.6 Å². The monoisotopic (exact) mass is 193 g/mol. The molecule has 1 aromatic rings. The zero-order valence-corrected chi connectivity index (χ0v) is 8.22. The van der Waals surface area contributed by atoms with Crippen LogP contribution in [0.5, 0.6) is 5.75 Å². The standard InChI is InChI=1S/C11H15NO2/c1-12-7-6-10(14)11(12)8-2-4-9(13)5-3-8/h2-5,10-11,13-14H,6-7H2,1H3. The van der Waals surface area contributed by atoms with Gasteiger partial charge in [0.05, 0.1) is 12.1 Å². The van der Waals surface area contributed by atoms with Gasteiger partial charge in [0.1, 0.15) is 5.75 Å². The Hall–Kier alpha value is -1.06. The number of phenolic OH excluding ortho intramolecular Hbond substituents is 1. The first kappa shape index (κ1) is 9.49. The second-order valence-electron chi connectivity index (χ2n) is 3.87. The van der Waals surface area contributed by atoms with Gasteiger partial charge < -0.3 is 10.2 Å². The molecular formula is C11H15NO2. The highest BCUT2D eigenvalue weighted by molar-refractivity contribution is 5.29. The maximum absolute atomic E-state index is 9.78. The number of hydrogen-bond donors (Lipinski definition) is 2. The van der Waals surface area contributed by atoms with Crippen molar-refractivity contribution in [1.82, 2.24) is 4.90 Å². The number of hydrogen-bond acceptors (Lipinski definition) is 3. The Morgan fingerprint density at radius 3 is 2.43 bits per heavy atom. The third kappa shape index (κ3) is 1.61. The lowest BCUT2D eigenvalue weighted by molar-refractivity contribution is 0.127. The number of rotatable bonds is 1. The summed E-state index contributed by atoms with van der Waals surface area (Å²) >= 11 is 0. The molecule has 0 bridgehead atoms. The molecule has 1 saturated heterocycles. The summed E-state index contributed by atoms with van der Waals surface area (Å²) in [5, 5.41) is 18.9. The van der Waals surface area contributed by atoms with Crippen LogP contribution in [0, 0.1) is 0 Å². The fourth-order valence-electron chi connectivity index (χ4n) is 2.07. The molecule has 0 radical (unpaired) electrons. The summed E-state index contributed by atoms with van der Waals surface area (Å²) in [6, 6.07) is 7.13. The first-order valence-corrected chi connectivity index (χ1v) is 4.86. The fraction of sp³-hybridized carbons (Fsp3) is 0.455. The topological polar surface area (TPSA) is 43.7 Å². The molecule has 2 atom stereocenters. The molecule has 1 aliphatic rings. The Bertz CT molecular complexity index is 300. The van der Waals surface area contributed by atoms with Crippen molar-refractivity contribution in [3.05, 3.63) is 29.8 Å². The van der Waals surface area contributed by atoms with Crippen molar-refractivity contribution in [2.75, 3.05) is 13.6 Å². The van der Waals surface area contributed by atoms with Gasteiger partial charge in [0.2, 0.25) is 0 Å². The van der Waals surface area contributed by atoms with E-state index in [0.29, 0.717) is 0 Å². The minimum Gasteiger partial charge on any atom is -0.508 e. The molecule has 3 nitrogen and oxygen atoms in total.